The van der Waals surface area contributed by atoms with Crippen LogP contribution in [0, 0.1) is 0 Å². The summed E-state index contributed by atoms with van der Waals surface area (Å²) in [5, 5.41) is 5.91. The molecule has 0 aliphatic carbocycles. The van der Waals surface area contributed by atoms with Gasteiger partial charge in [0, 0.05) is 30.4 Å². The van der Waals surface area contributed by atoms with Crippen LogP contribution in [0.5, 0.6) is 5.75 Å². The first-order valence-electron chi connectivity index (χ1n) is 6.42. The van der Waals surface area contributed by atoms with Crippen LogP contribution in [0.2, 0.25) is 0 Å². The zero-order valence-electron chi connectivity index (χ0n) is 11.6. The van der Waals surface area contributed by atoms with Crippen LogP contribution >= 0.6 is 0 Å². The van der Waals surface area contributed by atoms with Crippen molar-refractivity contribution in [3.63, 3.8) is 0 Å². The molecule has 0 aliphatic heterocycles. The number of methoxy groups -OCH3 is 1. The van der Waals surface area contributed by atoms with E-state index >= 15 is 0 Å². The lowest BCUT2D eigenvalue weighted by Gasteiger charge is -2.09. The zero-order chi connectivity index (χ0) is 14.4. The van der Waals surface area contributed by atoms with E-state index in [1.54, 1.807) is 19.2 Å². The summed E-state index contributed by atoms with van der Waals surface area (Å²) < 4.78 is 5.25. The van der Waals surface area contributed by atoms with E-state index in [4.69, 9.17) is 4.74 Å². The van der Waals surface area contributed by atoms with Crippen LogP contribution < -0.4 is 15.4 Å². The number of rotatable bonds is 5. The summed E-state index contributed by atoms with van der Waals surface area (Å²) in [5.74, 6) is 0.678. The van der Waals surface area contributed by atoms with Crippen molar-refractivity contribution in [3.8, 4) is 5.75 Å². The Labute approximate surface area is 118 Å². The molecule has 2 N–H and O–H groups in total. The van der Waals surface area contributed by atoms with Gasteiger partial charge in [0.1, 0.15) is 5.75 Å². The molecule has 2 aromatic rings. The lowest BCUT2D eigenvalue weighted by atomic mass is 10.1. The number of amides is 1. The standard InChI is InChI=1S/C16H18N2O2/c1-17-14-9-7-12(8-10-14)16(19)18-11-13-5-3-4-6-15(13)20-2/h3-10,17H,11H2,1-2H3,(H,18,19). The summed E-state index contributed by atoms with van der Waals surface area (Å²) in [4.78, 5) is 12.0. The summed E-state index contributed by atoms with van der Waals surface area (Å²) >= 11 is 0. The molecule has 2 rings (SSSR count). The predicted octanol–water partition coefficient (Wildman–Crippen LogP) is 2.67. The third-order valence-corrected chi connectivity index (χ3v) is 3.07. The van der Waals surface area contributed by atoms with Crippen molar-refractivity contribution in [2.24, 2.45) is 0 Å². The Morgan fingerprint density at radius 1 is 1.10 bits per heavy atom. The fourth-order valence-corrected chi connectivity index (χ4v) is 1.91. The Morgan fingerprint density at radius 2 is 1.80 bits per heavy atom. The number of nitrogens with one attached hydrogen (secondary N) is 2. The highest BCUT2D eigenvalue weighted by Gasteiger charge is 2.07. The number of ether oxygens (including phenoxy) is 1. The average molecular weight is 270 g/mol. The van der Waals surface area contributed by atoms with E-state index < -0.39 is 0 Å². The Balaban J connectivity index is 2.01. The van der Waals surface area contributed by atoms with Gasteiger partial charge in [-0.1, -0.05) is 18.2 Å². The minimum Gasteiger partial charge on any atom is -0.496 e. The second-order valence-corrected chi connectivity index (χ2v) is 4.32. The van der Waals surface area contributed by atoms with E-state index in [9.17, 15) is 4.79 Å². The molecule has 0 aliphatic rings. The third kappa shape index (κ3) is 3.29. The topological polar surface area (TPSA) is 50.4 Å². The lowest BCUT2D eigenvalue weighted by Crippen LogP contribution is -2.23. The molecule has 0 aromatic heterocycles. The van der Waals surface area contributed by atoms with Gasteiger partial charge in [0.2, 0.25) is 0 Å². The normalized spacial score (nSPS) is 9.90. The molecule has 2 aromatic carbocycles. The maximum atomic E-state index is 12.0. The highest BCUT2D eigenvalue weighted by atomic mass is 16.5. The van der Waals surface area contributed by atoms with Gasteiger partial charge in [0.05, 0.1) is 7.11 Å². The van der Waals surface area contributed by atoms with Crippen LogP contribution in [0.3, 0.4) is 0 Å². The van der Waals surface area contributed by atoms with E-state index in [2.05, 4.69) is 10.6 Å². The van der Waals surface area contributed by atoms with Gasteiger partial charge in [0.15, 0.2) is 0 Å². The van der Waals surface area contributed by atoms with Crippen molar-refractivity contribution >= 4 is 11.6 Å². The van der Waals surface area contributed by atoms with Crippen LogP contribution in [-0.4, -0.2) is 20.1 Å². The summed E-state index contributed by atoms with van der Waals surface area (Å²) in [6, 6.07) is 15.0. The van der Waals surface area contributed by atoms with Crippen LogP contribution in [0.4, 0.5) is 5.69 Å². The molecule has 0 saturated carbocycles. The van der Waals surface area contributed by atoms with Gasteiger partial charge in [0.25, 0.3) is 5.91 Å². The van der Waals surface area contributed by atoms with Crippen molar-refractivity contribution in [2.75, 3.05) is 19.5 Å². The highest BCUT2D eigenvalue weighted by molar-refractivity contribution is 5.94. The molecule has 4 heteroatoms. The molecule has 1 amide bonds. The van der Waals surface area contributed by atoms with Gasteiger partial charge < -0.3 is 15.4 Å². The average Bonchev–Trinajstić information content (AvgIpc) is 2.53. The summed E-state index contributed by atoms with van der Waals surface area (Å²) in [5.41, 5.74) is 2.57. The minimum absolute atomic E-state index is 0.0986. The minimum atomic E-state index is -0.0986. The first kappa shape index (κ1) is 13.9. The molecule has 0 fully saturated rings. The maximum absolute atomic E-state index is 12.0. The molecule has 4 nitrogen and oxygen atoms in total. The maximum Gasteiger partial charge on any atom is 0.251 e. The molecular weight excluding hydrogens is 252 g/mol. The van der Waals surface area contributed by atoms with Crippen molar-refractivity contribution < 1.29 is 9.53 Å². The molecule has 0 bridgehead atoms. The first-order valence-corrected chi connectivity index (χ1v) is 6.42. The molecular formula is C16H18N2O2. The summed E-state index contributed by atoms with van der Waals surface area (Å²) in [6.45, 7) is 0.441. The van der Waals surface area contributed by atoms with Crippen molar-refractivity contribution in [2.45, 2.75) is 6.54 Å². The summed E-state index contributed by atoms with van der Waals surface area (Å²) in [6.07, 6.45) is 0. The number of benzene rings is 2. The first-order chi connectivity index (χ1) is 9.74. The summed E-state index contributed by atoms with van der Waals surface area (Å²) in [7, 11) is 3.47. The van der Waals surface area contributed by atoms with Gasteiger partial charge in [-0.15, -0.1) is 0 Å². The molecule has 0 spiro atoms. The van der Waals surface area contributed by atoms with E-state index in [-0.39, 0.29) is 5.91 Å². The van der Waals surface area contributed by atoms with E-state index in [0.29, 0.717) is 12.1 Å². The van der Waals surface area contributed by atoms with Crippen LogP contribution in [0.1, 0.15) is 15.9 Å². The fourth-order valence-electron chi connectivity index (χ4n) is 1.91. The molecule has 0 heterocycles. The second kappa shape index (κ2) is 6.61. The number of hydrogen-bond donors (Lipinski definition) is 2. The van der Waals surface area contributed by atoms with Gasteiger partial charge in [-0.05, 0) is 30.3 Å². The van der Waals surface area contributed by atoms with Gasteiger partial charge in [-0.3, -0.25) is 4.79 Å². The number of carbonyl (C=O) groups is 1. The van der Waals surface area contributed by atoms with E-state index in [0.717, 1.165) is 17.0 Å². The van der Waals surface area contributed by atoms with Crippen molar-refractivity contribution in [1.29, 1.82) is 0 Å². The van der Waals surface area contributed by atoms with Crippen LogP contribution in [-0.2, 0) is 6.54 Å². The Hall–Kier alpha value is -2.49. The smallest absolute Gasteiger partial charge is 0.251 e. The quantitative estimate of drug-likeness (QED) is 0.878. The molecule has 104 valence electrons. The second-order valence-electron chi connectivity index (χ2n) is 4.32. The third-order valence-electron chi connectivity index (χ3n) is 3.07. The fraction of sp³-hybridized carbons (Fsp3) is 0.188. The predicted molar refractivity (Wildman–Crippen MR) is 80.2 cm³/mol. The van der Waals surface area contributed by atoms with E-state index in [1.807, 2.05) is 43.4 Å². The molecule has 0 atom stereocenters. The number of anilines is 1. The van der Waals surface area contributed by atoms with Gasteiger partial charge in [-0.2, -0.15) is 0 Å². The Kier molecular flexibility index (Phi) is 4.60. The highest BCUT2D eigenvalue weighted by Crippen LogP contribution is 2.17. The SMILES string of the molecule is CNc1ccc(C(=O)NCc2ccccc2OC)cc1. The van der Waals surface area contributed by atoms with Crippen LogP contribution in [0.25, 0.3) is 0 Å². The monoisotopic (exact) mass is 270 g/mol. The van der Waals surface area contributed by atoms with Crippen LogP contribution in [0.15, 0.2) is 48.5 Å². The zero-order valence-corrected chi connectivity index (χ0v) is 11.6. The van der Waals surface area contributed by atoms with E-state index in [1.165, 1.54) is 0 Å². The largest absolute Gasteiger partial charge is 0.496 e. The Morgan fingerprint density at radius 3 is 2.45 bits per heavy atom. The lowest BCUT2D eigenvalue weighted by molar-refractivity contribution is 0.0950. The number of para-hydroxylation sites is 1. The number of hydrogen-bond acceptors (Lipinski definition) is 3. The molecule has 0 saturated heterocycles. The Bertz CT molecular complexity index is 579. The van der Waals surface area contributed by atoms with Crippen molar-refractivity contribution in [1.82, 2.24) is 5.32 Å². The molecule has 0 radical (unpaired) electrons. The van der Waals surface area contributed by atoms with Crippen molar-refractivity contribution in [3.05, 3.63) is 59.7 Å². The van der Waals surface area contributed by atoms with Gasteiger partial charge >= 0.3 is 0 Å². The molecule has 20 heavy (non-hydrogen) atoms. The molecule has 0 unspecified atom stereocenters. The van der Waals surface area contributed by atoms with Gasteiger partial charge in [-0.25, -0.2) is 0 Å². The number of carbonyl (C=O) groups excluding carboxylic acids is 1.